The summed E-state index contributed by atoms with van der Waals surface area (Å²) in [7, 11) is -3.53. The molecular weight excluding hydrogens is 380 g/mol. The van der Waals surface area contributed by atoms with Gasteiger partial charge in [0.05, 0.1) is 10.8 Å². The second kappa shape index (κ2) is 6.53. The summed E-state index contributed by atoms with van der Waals surface area (Å²) in [4.78, 5) is 14.8. The molecule has 2 aliphatic heterocycles. The van der Waals surface area contributed by atoms with E-state index in [4.69, 9.17) is 0 Å². The summed E-state index contributed by atoms with van der Waals surface area (Å²) in [6.45, 7) is 3.56. The second-order valence-corrected chi connectivity index (χ2v) is 9.18. The predicted octanol–water partition coefficient (Wildman–Crippen LogP) is 2.47. The maximum absolute atomic E-state index is 12.7. The van der Waals surface area contributed by atoms with Crippen LogP contribution < -0.4 is 0 Å². The molecule has 2 aliphatic rings. The van der Waals surface area contributed by atoms with Gasteiger partial charge in [-0.15, -0.1) is 0 Å². The number of nitrogens with zero attached hydrogens (tertiary/aromatic N) is 2. The van der Waals surface area contributed by atoms with Gasteiger partial charge in [0.2, 0.25) is 15.9 Å². The average molecular weight is 401 g/mol. The highest BCUT2D eigenvalue weighted by molar-refractivity contribution is 9.10. The SMILES string of the molecule is CC1CCCN1C(=O)C1CCN(S(=O)(=O)c2cccc(Br)c2)C1. The van der Waals surface area contributed by atoms with Gasteiger partial charge < -0.3 is 4.90 Å². The average Bonchev–Trinajstić information content (AvgIpc) is 3.16. The van der Waals surface area contributed by atoms with Crippen molar-refractivity contribution in [3.63, 3.8) is 0 Å². The lowest BCUT2D eigenvalue weighted by Gasteiger charge is -2.25. The Morgan fingerprint density at radius 2 is 2.04 bits per heavy atom. The molecule has 3 rings (SSSR count). The van der Waals surface area contributed by atoms with Crippen molar-refractivity contribution in [2.24, 2.45) is 5.92 Å². The minimum absolute atomic E-state index is 0.113. The first kappa shape index (κ1) is 16.9. The molecule has 0 spiro atoms. The van der Waals surface area contributed by atoms with Gasteiger partial charge in [-0.25, -0.2) is 8.42 Å². The van der Waals surface area contributed by atoms with Gasteiger partial charge in [-0.1, -0.05) is 22.0 Å². The van der Waals surface area contributed by atoms with Crippen molar-refractivity contribution in [3.05, 3.63) is 28.7 Å². The van der Waals surface area contributed by atoms with Crippen LogP contribution in [0, 0.1) is 5.92 Å². The topological polar surface area (TPSA) is 57.7 Å². The minimum atomic E-state index is -3.53. The summed E-state index contributed by atoms with van der Waals surface area (Å²) in [5.74, 6) is -0.0978. The zero-order chi connectivity index (χ0) is 16.6. The molecule has 2 saturated heterocycles. The van der Waals surface area contributed by atoms with Crippen LogP contribution >= 0.6 is 15.9 Å². The molecule has 0 aromatic heterocycles. The first-order valence-electron chi connectivity index (χ1n) is 7.96. The summed E-state index contributed by atoms with van der Waals surface area (Å²) in [6.07, 6.45) is 2.69. The highest BCUT2D eigenvalue weighted by Crippen LogP contribution is 2.29. The second-order valence-electron chi connectivity index (χ2n) is 6.33. The van der Waals surface area contributed by atoms with Crippen LogP contribution in [0.15, 0.2) is 33.6 Å². The summed E-state index contributed by atoms with van der Waals surface area (Å²) >= 11 is 3.31. The maximum Gasteiger partial charge on any atom is 0.243 e. The lowest BCUT2D eigenvalue weighted by Crippen LogP contribution is -2.39. The monoisotopic (exact) mass is 400 g/mol. The molecule has 2 atom stereocenters. The van der Waals surface area contributed by atoms with E-state index in [0.29, 0.717) is 13.0 Å². The lowest BCUT2D eigenvalue weighted by molar-refractivity contribution is -0.135. The highest BCUT2D eigenvalue weighted by atomic mass is 79.9. The van der Waals surface area contributed by atoms with Crippen molar-refractivity contribution in [2.45, 2.75) is 37.1 Å². The predicted molar refractivity (Wildman–Crippen MR) is 91.4 cm³/mol. The van der Waals surface area contributed by atoms with Crippen molar-refractivity contribution in [1.82, 2.24) is 9.21 Å². The molecule has 1 amide bonds. The van der Waals surface area contributed by atoms with Crippen molar-refractivity contribution < 1.29 is 13.2 Å². The van der Waals surface area contributed by atoms with Crippen LogP contribution in [0.25, 0.3) is 0 Å². The number of halogens is 1. The van der Waals surface area contributed by atoms with E-state index < -0.39 is 10.0 Å². The Kier molecular flexibility index (Phi) is 4.80. The van der Waals surface area contributed by atoms with E-state index in [2.05, 4.69) is 22.9 Å². The quantitative estimate of drug-likeness (QED) is 0.782. The third-order valence-electron chi connectivity index (χ3n) is 4.77. The third-order valence-corrected chi connectivity index (χ3v) is 7.12. The van der Waals surface area contributed by atoms with Crippen LogP contribution in [0.4, 0.5) is 0 Å². The molecule has 2 heterocycles. The zero-order valence-corrected chi connectivity index (χ0v) is 15.5. The molecule has 0 saturated carbocycles. The Bertz CT molecular complexity index is 707. The van der Waals surface area contributed by atoms with Crippen LogP contribution in [0.5, 0.6) is 0 Å². The third kappa shape index (κ3) is 3.32. The fourth-order valence-electron chi connectivity index (χ4n) is 3.42. The number of likely N-dealkylation sites (tertiary alicyclic amines) is 1. The summed E-state index contributed by atoms with van der Waals surface area (Å²) in [5, 5.41) is 0. The van der Waals surface area contributed by atoms with E-state index in [9.17, 15) is 13.2 Å². The van der Waals surface area contributed by atoms with Crippen LogP contribution in [0.2, 0.25) is 0 Å². The molecule has 2 unspecified atom stereocenters. The fourth-order valence-corrected chi connectivity index (χ4v) is 5.52. The van der Waals surface area contributed by atoms with Gasteiger partial charge >= 0.3 is 0 Å². The summed E-state index contributed by atoms with van der Waals surface area (Å²) < 4.78 is 27.6. The Morgan fingerprint density at radius 3 is 2.70 bits per heavy atom. The number of carbonyl (C=O) groups is 1. The fraction of sp³-hybridized carbons (Fsp3) is 0.562. The van der Waals surface area contributed by atoms with Gasteiger partial charge in [-0.3, -0.25) is 4.79 Å². The number of hydrogen-bond acceptors (Lipinski definition) is 3. The minimum Gasteiger partial charge on any atom is -0.340 e. The van der Waals surface area contributed by atoms with Gasteiger partial charge in [0, 0.05) is 30.1 Å². The normalized spacial score (nSPS) is 25.9. The van der Waals surface area contributed by atoms with Crippen molar-refractivity contribution in [2.75, 3.05) is 19.6 Å². The number of sulfonamides is 1. The van der Waals surface area contributed by atoms with E-state index in [-0.39, 0.29) is 29.3 Å². The highest BCUT2D eigenvalue weighted by Gasteiger charge is 2.39. The number of amides is 1. The Hall–Kier alpha value is -0.920. The molecule has 0 aliphatic carbocycles. The van der Waals surface area contributed by atoms with Gasteiger partial charge in [-0.2, -0.15) is 4.31 Å². The standard InChI is InChI=1S/C16H21BrN2O3S/c1-12-4-3-8-19(12)16(20)13-7-9-18(11-13)23(21,22)15-6-2-5-14(17)10-15/h2,5-6,10,12-13H,3-4,7-9,11H2,1H3. The van der Waals surface area contributed by atoms with E-state index in [1.807, 2.05) is 4.90 Å². The van der Waals surface area contributed by atoms with Crippen LogP contribution in [-0.2, 0) is 14.8 Å². The molecule has 126 valence electrons. The van der Waals surface area contributed by atoms with Crippen molar-refractivity contribution >= 4 is 31.9 Å². The molecule has 1 aromatic rings. The Labute approximate surface area is 145 Å². The molecule has 0 N–H and O–H groups in total. The van der Waals surface area contributed by atoms with Crippen molar-refractivity contribution in [3.8, 4) is 0 Å². The van der Waals surface area contributed by atoms with Crippen LogP contribution in [-0.4, -0.2) is 49.2 Å². The molecule has 5 nitrogen and oxygen atoms in total. The molecule has 0 radical (unpaired) electrons. The van der Waals surface area contributed by atoms with E-state index in [1.165, 1.54) is 4.31 Å². The number of carbonyl (C=O) groups excluding carboxylic acids is 1. The molecule has 2 fully saturated rings. The van der Waals surface area contributed by atoms with E-state index in [0.717, 1.165) is 23.9 Å². The number of hydrogen-bond donors (Lipinski definition) is 0. The Morgan fingerprint density at radius 1 is 1.26 bits per heavy atom. The Balaban J connectivity index is 1.73. The van der Waals surface area contributed by atoms with E-state index in [1.54, 1.807) is 24.3 Å². The van der Waals surface area contributed by atoms with Gasteiger partial charge in [-0.05, 0) is 44.4 Å². The van der Waals surface area contributed by atoms with Crippen LogP contribution in [0.1, 0.15) is 26.2 Å². The molecule has 7 heteroatoms. The van der Waals surface area contributed by atoms with Crippen LogP contribution in [0.3, 0.4) is 0 Å². The number of benzene rings is 1. The van der Waals surface area contributed by atoms with Gasteiger partial charge in [0.15, 0.2) is 0 Å². The lowest BCUT2D eigenvalue weighted by atomic mass is 10.1. The summed E-state index contributed by atoms with van der Waals surface area (Å²) in [5.41, 5.74) is 0. The number of rotatable bonds is 3. The van der Waals surface area contributed by atoms with Gasteiger partial charge in [0.25, 0.3) is 0 Å². The molecule has 23 heavy (non-hydrogen) atoms. The molecule has 1 aromatic carbocycles. The van der Waals surface area contributed by atoms with Gasteiger partial charge in [0.1, 0.15) is 0 Å². The molecular formula is C16H21BrN2O3S. The van der Waals surface area contributed by atoms with Crippen molar-refractivity contribution in [1.29, 1.82) is 0 Å². The molecule has 0 bridgehead atoms. The summed E-state index contributed by atoms with van der Waals surface area (Å²) in [6, 6.07) is 6.98. The first-order chi connectivity index (χ1) is 10.9. The first-order valence-corrected chi connectivity index (χ1v) is 10.2. The maximum atomic E-state index is 12.7. The largest absolute Gasteiger partial charge is 0.340 e. The smallest absolute Gasteiger partial charge is 0.243 e. The zero-order valence-electron chi connectivity index (χ0n) is 13.1. The van der Waals surface area contributed by atoms with E-state index >= 15 is 0 Å².